The van der Waals surface area contributed by atoms with Crippen LogP contribution < -0.4 is 5.40 Å². The minimum atomic E-state index is -1.94. The van der Waals surface area contributed by atoms with E-state index in [2.05, 4.69) is 83.0 Å². The Morgan fingerprint density at radius 2 is 1.26 bits per heavy atom. The zero-order valence-corrected chi connectivity index (χ0v) is 13.8. The quantitative estimate of drug-likeness (QED) is 0.675. The maximum absolute atomic E-state index is 6.71. The molecule has 0 amide bonds. The smallest absolute Gasteiger partial charge is 0.132 e. The largest absolute Gasteiger partial charge is 0.350 e. The Kier molecular flexibility index (Phi) is 4.25. The molecule has 2 aromatic rings. The third-order valence-electron chi connectivity index (χ3n) is 3.94. The van der Waals surface area contributed by atoms with Crippen LogP contribution in [0.2, 0.25) is 13.1 Å². The van der Waals surface area contributed by atoms with Gasteiger partial charge in [0.05, 0.1) is 0 Å². The van der Waals surface area contributed by atoms with Gasteiger partial charge in [-0.05, 0) is 17.3 Å². The number of hydrogen-bond acceptors (Lipinski definition) is 1. The molecule has 19 heavy (non-hydrogen) atoms. The molecule has 0 heterocycles. The van der Waals surface area contributed by atoms with Crippen molar-refractivity contribution < 1.29 is 0 Å². The van der Waals surface area contributed by atoms with Gasteiger partial charge in [-0.3, -0.25) is 0 Å². The summed E-state index contributed by atoms with van der Waals surface area (Å²) in [5, 5.41) is 6.66. The summed E-state index contributed by atoms with van der Waals surface area (Å²) in [6, 6.07) is 21.4. The molecule has 0 aromatic heterocycles. The van der Waals surface area contributed by atoms with Crippen LogP contribution in [0.4, 0.5) is 0 Å². The van der Waals surface area contributed by atoms with Crippen LogP contribution in [0.3, 0.4) is 0 Å². The van der Waals surface area contributed by atoms with Crippen molar-refractivity contribution in [1.29, 1.82) is 0 Å². The van der Waals surface area contributed by atoms with Crippen molar-refractivity contribution in [2.24, 2.45) is 5.40 Å². The van der Waals surface area contributed by atoms with Crippen molar-refractivity contribution in [3.63, 3.8) is 0 Å². The van der Waals surface area contributed by atoms with Crippen LogP contribution in [-0.2, 0) is 5.04 Å². The second-order valence-electron chi connectivity index (χ2n) is 5.56. The van der Waals surface area contributed by atoms with Crippen LogP contribution in [-0.4, -0.2) is 14.4 Å². The predicted octanol–water partition coefficient (Wildman–Crippen LogP) is 3.55. The van der Waals surface area contributed by atoms with Gasteiger partial charge in [-0.25, -0.2) is 0 Å². The summed E-state index contributed by atoms with van der Waals surface area (Å²) in [5.74, 6) is 0. The fourth-order valence-electron chi connectivity index (χ4n) is 2.85. The van der Waals surface area contributed by atoms with E-state index in [9.17, 15) is 0 Å². The van der Waals surface area contributed by atoms with Crippen molar-refractivity contribution in [2.75, 3.05) is 6.16 Å². The monoisotopic (exact) mass is 287 g/mol. The van der Waals surface area contributed by atoms with Crippen molar-refractivity contribution >= 4 is 17.5 Å². The maximum atomic E-state index is 6.71. The SMILES string of the molecule is C[Si](C)(N)C(CP)(c1ccccc1)c1ccccc1. The summed E-state index contributed by atoms with van der Waals surface area (Å²) in [5.41, 5.74) is 2.66. The van der Waals surface area contributed by atoms with Gasteiger partial charge in [0, 0.05) is 5.04 Å². The van der Waals surface area contributed by atoms with Gasteiger partial charge < -0.3 is 5.40 Å². The van der Waals surface area contributed by atoms with E-state index in [1.54, 1.807) is 0 Å². The second-order valence-corrected chi connectivity index (χ2v) is 10.3. The Labute approximate surface area is 119 Å². The lowest BCUT2D eigenvalue weighted by atomic mass is 9.91. The molecule has 1 unspecified atom stereocenters. The number of nitrogens with two attached hydrogens (primary N) is 1. The summed E-state index contributed by atoms with van der Waals surface area (Å²) < 4.78 is 0. The van der Waals surface area contributed by atoms with E-state index in [-0.39, 0.29) is 5.04 Å². The average Bonchev–Trinajstić information content (AvgIpc) is 2.41. The van der Waals surface area contributed by atoms with Crippen LogP contribution in [0.25, 0.3) is 0 Å². The molecule has 0 saturated carbocycles. The molecule has 0 bridgehead atoms. The van der Waals surface area contributed by atoms with E-state index in [1.807, 2.05) is 0 Å². The molecular weight excluding hydrogens is 265 g/mol. The van der Waals surface area contributed by atoms with Gasteiger partial charge in [0.25, 0.3) is 0 Å². The van der Waals surface area contributed by atoms with Gasteiger partial charge in [0.15, 0.2) is 0 Å². The normalized spacial score (nSPS) is 12.4. The summed E-state index contributed by atoms with van der Waals surface area (Å²) in [7, 11) is 0.972. The van der Waals surface area contributed by atoms with Crippen LogP contribution >= 0.6 is 9.24 Å². The lowest BCUT2D eigenvalue weighted by Crippen LogP contribution is -2.60. The van der Waals surface area contributed by atoms with Gasteiger partial charge in [-0.15, -0.1) is 9.24 Å². The molecule has 0 aliphatic carbocycles. The molecule has 0 radical (unpaired) electrons. The van der Waals surface area contributed by atoms with Crippen molar-refractivity contribution in [1.82, 2.24) is 0 Å². The van der Waals surface area contributed by atoms with Crippen molar-refractivity contribution in [3.05, 3.63) is 71.8 Å². The Hall–Kier alpha value is -0.953. The lowest BCUT2D eigenvalue weighted by Gasteiger charge is -2.43. The van der Waals surface area contributed by atoms with Crippen molar-refractivity contribution in [3.8, 4) is 0 Å². The zero-order valence-electron chi connectivity index (χ0n) is 11.6. The number of rotatable bonds is 4. The molecule has 2 rings (SSSR count). The van der Waals surface area contributed by atoms with Gasteiger partial charge in [-0.2, -0.15) is 0 Å². The van der Waals surface area contributed by atoms with E-state index in [0.29, 0.717) is 0 Å². The molecule has 0 saturated heterocycles. The van der Waals surface area contributed by atoms with Crippen LogP contribution in [0, 0.1) is 0 Å². The zero-order chi connectivity index (χ0) is 13.9. The molecular formula is C16H22NPSi. The predicted molar refractivity (Wildman–Crippen MR) is 89.9 cm³/mol. The van der Waals surface area contributed by atoms with E-state index in [0.717, 1.165) is 6.16 Å². The average molecular weight is 287 g/mol. The summed E-state index contributed by atoms with van der Waals surface area (Å²) in [6.45, 7) is 4.49. The van der Waals surface area contributed by atoms with E-state index in [1.165, 1.54) is 11.1 Å². The molecule has 0 spiro atoms. The van der Waals surface area contributed by atoms with E-state index >= 15 is 0 Å². The van der Waals surface area contributed by atoms with E-state index < -0.39 is 8.24 Å². The molecule has 2 N–H and O–H groups in total. The molecule has 1 nitrogen and oxygen atoms in total. The second kappa shape index (κ2) is 5.58. The number of benzene rings is 2. The first kappa shape index (κ1) is 14.5. The highest BCUT2D eigenvalue weighted by atomic mass is 31.0. The summed E-state index contributed by atoms with van der Waals surface area (Å²) in [4.78, 5) is 0. The Morgan fingerprint density at radius 1 is 0.895 bits per heavy atom. The fraction of sp³-hybridized carbons (Fsp3) is 0.250. The van der Waals surface area contributed by atoms with Crippen LogP contribution in [0.1, 0.15) is 11.1 Å². The van der Waals surface area contributed by atoms with Gasteiger partial charge >= 0.3 is 0 Å². The minimum Gasteiger partial charge on any atom is -0.350 e. The highest BCUT2D eigenvalue weighted by Crippen LogP contribution is 2.39. The molecule has 100 valence electrons. The van der Waals surface area contributed by atoms with Gasteiger partial charge in [0.1, 0.15) is 8.24 Å². The highest BCUT2D eigenvalue weighted by Gasteiger charge is 2.45. The first-order chi connectivity index (χ1) is 9.02. The summed E-state index contributed by atoms with van der Waals surface area (Å²) >= 11 is 0. The molecule has 2 aromatic carbocycles. The first-order valence-electron chi connectivity index (χ1n) is 6.62. The molecule has 3 heteroatoms. The third kappa shape index (κ3) is 2.53. The van der Waals surface area contributed by atoms with Crippen LogP contribution in [0.15, 0.2) is 60.7 Å². The minimum absolute atomic E-state index is 0.0554. The molecule has 0 aliphatic heterocycles. The molecule has 0 aliphatic rings. The molecule has 1 atom stereocenters. The first-order valence-corrected chi connectivity index (χ1v) is 10.5. The third-order valence-corrected chi connectivity index (χ3v) is 7.94. The standard InChI is InChI=1S/C16H22NPSi/c1-19(2,17)16(13-18,14-9-5-3-6-10-14)15-11-7-4-8-12-15/h3-12H,13,17-18H2,1-2H3. The van der Waals surface area contributed by atoms with E-state index in [4.69, 9.17) is 5.40 Å². The summed E-state index contributed by atoms with van der Waals surface area (Å²) in [6.07, 6.45) is 0.955. The highest BCUT2D eigenvalue weighted by molar-refractivity contribution is 7.17. The fourth-order valence-corrected chi connectivity index (χ4v) is 7.25. The lowest BCUT2D eigenvalue weighted by molar-refractivity contribution is 0.781. The van der Waals surface area contributed by atoms with Gasteiger partial charge in [0.2, 0.25) is 0 Å². The maximum Gasteiger partial charge on any atom is 0.132 e. The van der Waals surface area contributed by atoms with Crippen LogP contribution in [0.5, 0.6) is 0 Å². The Bertz CT molecular complexity index is 480. The van der Waals surface area contributed by atoms with Gasteiger partial charge in [-0.1, -0.05) is 73.8 Å². The topological polar surface area (TPSA) is 26.0 Å². The Morgan fingerprint density at radius 3 is 1.53 bits per heavy atom. The number of hydrogen-bond donors (Lipinski definition) is 1. The van der Waals surface area contributed by atoms with Crippen molar-refractivity contribution in [2.45, 2.75) is 18.1 Å². The molecule has 0 fully saturated rings. The Balaban J connectivity index is 2.70.